The first kappa shape index (κ1) is 11.3. The number of benzene rings is 1. The zero-order chi connectivity index (χ0) is 12.3. The van der Waals surface area contributed by atoms with Crippen LogP contribution in [0.4, 0.5) is 0 Å². The van der Waals surface area contributed by atoms with Gasteiger partial charge in [0, 0.05) is 23.5 Å². The molecular weight excluding hydrogens is 206 g/mol. The summed E-state index contributed by atoms with van der Waals surface area (Å²) in [5.74, 6) is 2.67. The van der Waals surface area contributed by atoms with Crippen molar-refractivity contribution in [2.75, 3.05) is 6.54 Å². The topological polar surface area (TPSA) is 3.24 Å². The number of likely N-dealkylation sites (N-methyl/N-ethyl adjacent to an activating group) is 1. The van der Waals surface area contributed by atoms with Gasteiger partial charge in [-0.25, -0.2) is 0 Å². The van der Waals surface area contributed by atoms with Crippen LogP contribution in [0.1, 0.15) is 12.5 Å². The Morgan fingerprint density at radius 1 is 1.24 bits per heavy atom. The third-order valence-electron chi connectivity index (χ3n) is 2.88. The van der Waals surface area contributed by atoms with Crippen molar-refractivity contribution in [1.82, 2.24) is 4.90 Å². The van der Waals surface area contributed by atoms with Crippen molar-refractivity contribution < 1.29 is 0 Å². The Bertz CT molecular complexity index is 526. The van der Waals surface area contributed by atoms with Gasteiger partial charge < -0.3 is 4.90 Å². The van der Waals surface area contributed by atoms with Crippen LogP contribution in [-0.2, 0) is 0 Å². The van der Waals surface area contributed by atoms with Gasteiger partial charge in [-0.3, -0.25) is 0 Å². The molecule has 0 amide bonds. The average Bonchev–Trinajstić information content (AvgIpc) is 2.39. The van der Waals surface area contributed by atoms with Gasteiger partial charge in [0.1, 0.15) is 0 Å². The Morgan fingerprint density at radius 3 is 2.53 bits per heavy atom. The third kappa shape index (κ3) is 2.03. The van der Waals surface area contributed by atoms with E-state index in [9.17, 15) is 0 Å². The van der Waals surface area contributed by atoms with E-state index in [4.69, 9.17) is 6.42 Å². The largest absolute Gasteiger partial charge is 0.341 e. The van der Waals surface area contributed by atoms with Gasteiger partial charge in [-0.05, 0) is 24.6 Å². The quantitative estimate of drug-likeness (QED) is 0.691. The number of hydrogen-bond acceptors (Lipinski definition) is 1. The zero-order valence-electron chi connectivity index (χ0n) is 9.98. The van der Waals surface area contributed by atoms with E-state index in [1.807, 2.05) is 24.3 Å². The monoisotopic (exact) mass is 221 g/mol. The second-order valence-electron chi connectivity index (χ2n) is 3.83. The molecule has 2 rings (SSSR count). The fourth-order valence-electron chi connectivity index (χ4n) is 1.99. The molecule has 0 saturated heterocycles. The SMILES string of the molecule is C#CC1=CC=C(c2ccccc2)N(CC)C1=C. The standard InChI is InChI=1S/C16H15N/c1-4-14-11-12-16(17(5-2)13(14)3)15-9-7-6-8-10-15/h1,6-12H,3,5H2,2H3. The number of allylic oxidation sites excluding steroid dienone is 3. The smallest absolute Gasteiger partial charge is 0.0496 e. The highest BCUT2D eigenvalue weighted by molar-refractivity contribution is 5.72. The molecule has 1 aromatic carbocycles. The molecule has 1 heteroatoms. The molecule has 0 saturated carbocycles. The first-order chi connectivity index (χ1) is 8.27. The molecule has 0 spiro atoms. The van der Waals surface area contributed by atoms with E-state index >= 15 is 0 Å². The maximum absolute atomic E-state index is 5.46. The van der Waals surface area contributed by atoms with Gasteiger partial charge in [-0.2, -0.15) is 0 Å². The summed E-state index contributed by atoms with van der Waals surface area (Å²) in [5.41, 5.74) is 4.09. The van der Waals surface area contributed by atoms with Crippen molar-refractivity contribution in [1.29, 1.82) is 0 Å². The summed E-state index contributed by atoms with van der Waals surface area (Å²) >= 11 is 0. The molecule has 1 heterocycles. The van der Waals surface area contributed by atoms with E-state index in [0.717, 1.165) is 23.5 Å². The molecule has 0 aromatic heterocycles. The zero-order valence-corrected chi connectivity index (χ0v) is 9.98. The van der Waals surface area contributed by atoms with Crippen LogP contribution >= 0.6 is 0 Å². The fraction of sp³-hybridized carbons (Fsp3) is 0.125. The van der Waals surface area contributed by atoms with Gasteiger partial charge >= 0.3 is 0 Å². The molecule has 1 nitrogen and oxygen atoms in total. The number of rotatable bonds is 2. The maximum Gasteiger partial charge on any atom is 0.0496 e. The van der Waals surface area contributed by atoms with E-state index in [1.54, 1.807) is 0 Å². The van der Waals surface area contributed by atoms with Crippen LogP contribution in [0.3, 0.4) is 0 Å². The van der Waals surface area contributed by atoms with Crippen molar-refractivity contribution >= 4 is 5.70 Å². The highest BCUT2D eigenvalue weighted by Gasteiger charge is 2.18. The predicted octanol–water partition coefficient (Wildman–Crippen LogP) is 3.44. The van der Waals surface area contributed by atoms with E-state index in [2.05, 4.69) is 42.5 Å². The lowest BCUT2D eigenvalue weighted by Crippen LogP contribution is -2.23. The molecule has 84 valence electrons. The van der Waals surface area contributed by atoms with Gasteiger partial charge in [-0.1, -0.05) is 42.8 Å². The maximum atomic E-state index is 5.46. The van der Waals surface area contributed by atoms with Crippen molar-refractivity contribution in [3.05, 3.63) is 65.9 Å². The molecule has 0 bridgehead atoms. The number of terminal acetylenes is 1. The average molecular weight is 221 g/mol. The molecule has 1 aromatic rings. The van der Waals surface area contributed by atoms with Gasteiger partial charge in [-0.15, -0.1) is 6.42 Å². The molecule has 1 aliphatic heterocycles. The Balaban J connectivity index is 2.47. The lowest BCUT2D eigenvalue weighted by molar-refractivity contribution is 0.526. The van der Waals surface area contributed by atoms with E-state index < -0.39 is 0 Å². The first-order valence-corrected chi connectivity index (χ1v) is 5.68. The Morgan fingerprint density at radius 2 is 1.94 bits per heavy atom. The van der Waals surface area contributed by atoms with Crippen LogP contribution < -0.4 is 0 Å². The summed E-state index contributed by atoms with van der Waals surface area (Å²) in [6.45, 7) is 7.03. The van der Waals surface area contributed by atoms with Crippen molar-refractivity contribution in [2.45, 2.75) is 6.92 Å². The van der Waals surface area contributed by atoms with E-state index in [1.165, 1.54) is 5.56 Å². The molecule has 0 radical (unpaired) electrons. The van der Waals surface area contributed by atoms with Gasteiger partial charge in [0.2, 0.25) is 0 Å². The summed E-state index contributed by atoms with van der Waals surface area (Å²) < 4.78 is 0. The molecule has 17 heavy (non-hydrogen) atoms. The second-order valence-corrected chi connectivity index (χ2v) is 3.83. The highest BCUT2D eigenvalue weighted by Crippen LogP contribution is 2.29. The second kappa shape index (κ2) is 4.76. The van der Waals surface area contributed by atoms with Crippen molar-refractivity contribution in [3.63, 3.8) is 0 Å². The normalized spacial score (nSPS) is 15.1. The minimum atomic E-state index is 0.853. The van der Waals surface area contributed by atoms with Crippen molar-refractivity contribution in [2.24, 2.45) is 0 Å². The fourth-order valence-corrected chi connectivity index (χ4v) is 1.99. The van der Waals surface area contributed by atoms with Crippen LogP contribution in [0.25, 0.3) is 5.70 Å². The van der Waals surface area contributed by atoms with Crippen molar-refractivity contribution in [3.8, 4) is 12.3 Å². The van der Waals surface area contributed by atoms with Gasteiger partial charge in [0.05, 0.1) is 0 Å². The predicted molar refractivity (Wildman–Crippen MR) is 72.9 cm³/mol. The number of nitrogens with zero attached hydrogens (tertiary/aromatic N) is 1. The summed E-state index contributed by atoms with van der Waals surface area (Å²) in [6.07, 6.45) is 9.47. The molecular formula is C16H15N. The minimum absolute atomic E-state index is 0.853. The minimum Gasteiger partial charge on any atom is -0.341 e. The molecule has 0 N–H and O–H groups in total. The summed E-state index contributed by atoms with van der Waals surface area (Å²) in [4.78, 5) is 2.14. The van der Waals surface area contributed by atoms with Gasteiger partial charge in [0.25, 0.3) is 0 Å². The van der Waals surface area contributed by atoms with Gasteiger partial charge in [0.15, 0.2) is 0 Å². The lowest BCUT2D eigenvalue weighted by Gasteiger charge is -2.30. The Labute approximate surface area is 103 Å². The summed E-state index contributed by atoms with van der Waals surface area (Å²) in [6, 6.07) is 10.3. The van der Waals surface area contributed by atoms with Crippen LogP contribution in [0, 0.1) is 12.3 Å². The Kier molecular flexibility index (Phi) is 3.16. The third-order valence-corrected chi connectivity index (χ3v) is 2.88. The first-order valence-electron chi connectivity index (χ1n) is 5.68. The van der Waals surface area contributed by atoms with Crippen LogP contribution in [0.5, 0.6) is 0 Å². The molecule has 1 aliphatic rings. The number of hydrogen-bond donors (Lipinski definition) is 0. The van der Waals surface area contributed by atoms with E-state index in [-0.39, 0.29) is 0 Å². The van der Waals surface area contributed by atoms with Crippen LogP contribution in [-0.4, -0.2) is 11.4 Å². The summed E-state index contributed by atoms with van der Waals surface area (Å²) in [7, 11) is 0. The molecule has 0 aliphatic carbocycles. The molecule has 0 unspecified atom stereocenters. The Hall–Kier alpha value is -2.20. The van der Waals surface area contributed by atoms with Crippen LogP contribution in [0.15, 0.2) is 60.3 Å². The van der Waals surface area contributed by atoms with E-state index in [0.29, 0.717) is 0 Å². The molecule has 0 fully saturated rings. The molecule has 0 atom stereocenters. The lowest BCUT2D eigenvalue weighted by atomic mass is 10.0. The van der Waals surface area contributed by atoms with Crippen LogP contribution in [0.2, 0.25) is 0 Å². The highest BCUT2D eigenvalue weighted by atomic mass is 15.1. The summed E-state index contributed by atoms with van der Waals surface area (Å²) in [5, 5.41) is 0.